The maximum Gasteiger partial charge on any atom is 0.327 e. The molecular weight excluding hydrogens is 332 g/mol. The van der Waals surface area contributed by atoms with Crippen LogP contribution in [0.5, 0.6) is 0 Å². The van der Waals surface area contributed by atoms with Crippen molar-refractivity contribution in [2.45, 2.75) is 32.9 Å². The highest BCUT2D eigenvalue weighted by Crippen LogP contribution is 2.17. The Labute approximate surface area is 143 Å². The molecule has 1 aromatic carbocycles. The zero-order chi connectivity index (χ0) is 18.3. The van der Waals surface area contributed by atoms with Gasteiger partial charge in [-0.15, -0.1) is 0 Å². The molecule has 0 aliphatic carbocycles. The van der Waals surface area contributed by atoms with Crippen molar-refractivity contribution in [1.82, 2.24) is 5.32 Å². The van der Waals surface area contributed by atoms with E-state index in [4.69, 9.17) is 5.11 Å². The second-order valence-electron chi connectivity index (χ2n) is 5.54. The monoisotopic (exact) mass is 354 g/mol. The molecule has 0 bridgehead atoms. The lowest BCUT2D eigenvalue weighted by Gasteiger charge is -2.27. The number of hydrogen-bond donors (Lipinski definition) is 2. The topological polar surface area (TPSA) is 104 Å². The third-order valence-corrected chi connectivity index (χ3v) is 4.41. The molecule has 0 aliphatic rings. The number of rotatable bonds is 8. The van der Waals surface area contributed by atoms with Gasteiger partial charge in [0.2, 0.25) is 11.8 Å². The van der Waals surface area contributed by atoms with E-state index in [1.807, 2.05) is 19.9 Å². The largest absolute Gasteiger partial charge is 0.480 e. The molecule has 24 heavy (non-hydrogen) atoms. The number of benzene rings is 1. The number of carbonyl (C=O) groups excluding carboxylic acids is 2. The molecule has 8 heteroatoms. The summed E-state index contributed by atoms with van der Waals surface area (Å²) < 4.78 is 12.2. The summed E-state index contributed by atoms with van der Waals surface area (Å²) in [4.78, 5) is 36.1. The molecule has 2 amide bonds. The maximum absolute atomic E-state index is 12.5. The zero-order valence-corrected chi connectivity index (χ0v) is 14.7. The Morgan fingerprint density at radius 3 is 2.25 bits per heavy atom. The van der Waals surface area contributed by atoms with E-state index in [2.05, 4.69) is 5.32 Å². The third kappa shape index (κ3) is 6.11. The van der Waals surface area contributed by atoms with Crippen molar-refractivity contribution in [2.75, 3.05) is 16.4 Å². The molecule has 0 spiro atoms. The Kier molecular flexibility index (Phi) is 7.57. The number of hydrogen-bond acceptors (Lipinski definition) is 4. The van der Waals surface area contributed by atoms with Gasteiger partial charge in [-0.25, -0.2) is 4.79 Å². The van der Waals surface area contributed by atoms with E-state index in [1.165, 1.54) is 11.8 Å². The van der Waals surface area contributed by atoms with Crippen molar-refractivity contribution in [3.05, 3.63) is 30.3 Å². The van der Waals surface area contributed by atoms with E-state index in [0.29, 0.717) is 5.69 Å². The lowest BCUT2D eigenvalue weighted by molar-refractivity contribution is -0.140. The fraction of sp³-hybridized carbons (Fsp3) is 0.438. The van der Waals surface area contributed by atoms with Crippen LogP contribution in [0.1, 0.15) is 20.8 Å². The Hall–Kier alpha value is -2.22. The van der Waals surface area contributed by atoms with Crippen LogP contribution in [0, 0.1) is 0 Å². The van der Waals surface area contributed by atoms with Crippen LogP contribution < -0.4 is 10.2 Å². The van der Waals surface area contributed by atoms with E-state index in [9.17, 15) is 18.6 Å². The lowest BCUT2D eigenvalue weighted by atomic mass is 10.2. The Bertz CT molecular complexity index is 618. The summed E-state index contributed by atoms with van der Waals surface area (Å²) in [6.07, 6.45) is 0. The lowest BCUT2D eigenvalue weighted by Crippen LogP contribution is -2.45. The molecule has 0 aromatic heterocycles. The fourth-order valence-corrected chi connectivity index (χ4v) is 3.32. The van der Waals surface area contributed by atoms with Crippen LogP contribution in [-0.4, -0.2) is 50.7 Å². The molecule has 0 saturated heterocycles. The fourth-order valence-electron chi connectivity index (χ4n) is 2.19. The minimum absolute atomic E-state index is 0.137. The van der Waals surface area contributed by atoms with Crippen molar-refractivity contribution in [1.29, 1.82) is 0 Å². The van der Waals surface area contributed by atoms with Crippen molar-refractivity contribution in [3.63, 3.8) is 0 Å². The van der Waals surface area contributed by atoms with Crippen LogP contribution in [0.15, 0.2) is 30.3 Å². The van der Waals surface area contributed by atoms with Crippen LogP contribution in [-0.2, 0) is 25.2 Å². The summed E-state index contributed by atoms with van der Waals surface area (Å²) in [5, 5.41) is 11.2. The molecule has 132 valence electrons. The predicted octanol–water partition coefficient (Wildman–Crippen LogP) is 0.766. The number of amides is 2. The first-order valence-corrected chi connectivity index (χ1v) is 8.93. The van der Waals surface area contributed by atoms with Gasteiger partial charge in [-0.05, 0) is 26.0 Å². The number of carboxylic acids is 1. The third-order valence-electron chi connectivity index (χ3n) is 3.13. The van der Waals surface area contributed by atoms with Gasteiger partial charge in [-0.3, -0.25) is 13.8 Å². The second kappa shape index (κ2) is 9.17. The van der Waals surface area contributed by atoms with Gasteiger partial charge in [0.1, 0.15) is 11.8 Å². The quantitative estimate of drug-likeness (QED) is 0.717. The first-order valence-electron chi connectivity index (χ1n) is 7.44. The van der Waals surface area contributed by atoms with Crippen molar-refractivity contribution in [2.24, 2.45) is 0 Å². The van der Waals surface area contributed by atoms with Crippen LogP contribution >= 0.6 is 0 Å². The molecule has 0 aliphatic heterocycles. The standard InChI is InChI=1S/C16H22N2O5S/c1-11(2)18(13-7-5-4-6-8-13)15(20)10-24(23)9-14(16(21)22)17-12(3)19/h4-8,11,14H,9-10H2,1-3H3,(H,17,19)(H,21,22)/t14-,24?/m0/s1. The highest BCUT2D eigenvalue weighted by molar-refractivity contribution is 7.85. The molecule has 2 N–H and O–H groups in total. The van der Waals surface area contributed by atoms with E-state index >= 15 is 0 Å². The van der Waals surface area contributed by atoms with Gasteiger partial charge in [0, 0.05) is 29.5 Å². The second-order valence-corrected chi connectivity index (χ2v) is 7.04. The van der Waals surface area contributed by atoms with Crippen molar-refractivity contribution >= 4 is 34.3 Å². The number of nitrogens with one attached hydrogen (secondary N) is 1. The molecular formula is C16H22N2O5S. The molecule has 1 unspecified atom stereocenters. The van der Waals surface area contributed by atoms with E-state index in [1.54, 1.807) is 24.3 Å². The summed E-state index contributed by atoms with van der Waals surface area (Å²) >= 11 is 0. The average Bonchev–Trinajstić information content (AvgIpc) is 2.46. The normalized spacial score (nSPS) is 13.2. The van der Waals surface area contributed by atoms with Crippen LogP contribution in [0.25, 0.3) is 0 Å². The number of carbonyl (C=O) groups is 3. The minimum Gasteiger partial charge on any atom is -0.480 e. The minimum atomic E-state index is -1.71. The number of nitrogens with zero attached hydrogens (tertiary/aromatic N) is 1. The Balaban J connectivity index is 2.78. The molecule has 1 rings (SSSR count). The summed E-state index contributed by atoms with van der Waals surface area (Å²) in [5.74, 6) is -2.80. The van der Waals surface area contributed by atoms with E-state index < -0.39 is 28.7 Å². The molecule has 0 saturated carbocycles. The number of carboxylic acid groups (broad SMARTS) is 1. The van der Waals surface area contributed by atoms with Crippen LogP contribution in [0.2, 0.25) is 0 Å². The molecule has 0 heterocycles. The number of para-hydroxylation sites is 1. The van der Waals surface area contributed by atoms with Gasteiger partial charge in [0.15, 0.2) is 0 Å². The first kappa shape index (κ1) is 19.8. The summed E-state index contributed by atoms with van der Waals surface area (Å²) in [7, 11) is -1.71. The van der Waals surface area contributed by atoms with Gasteiger partial charge in [0.25, 0.3) is 0 Å². The van der Waals surface area contributed by atoms with Crippen molar-refractivity contribution < 1.29 is 23.7 Å². The van der Waals surface area contributed by atoms with Gasteiger partial charge < -0.3 is 15.3 Å². The number of aliphatic carboxylic acids is 1. The summed E-state index contributed by atoms with van der Waals surface area (Å²) in [6, 6.07) is 7.56. The summed E-state index contributed by atoms with van der Waals surface area (Å²) in [6.45, 7) is 4.86. The maximum atomic E-state index is 12.5. The van der Waals surface area contributed by atoms with Crippen LogP contribution in [0.4, 0.5) is 5.69 Å². The Morgan fingerprint density at radius 1 is 1.21 bits per heavy atom. The molecule has 0 fully saturated rings. The zero-order valence-electron chi connectivity index (χ0n) is 13.9. The van der Waals surface area contributed by atoms with Crippen LogP contribution in [0.3, 0.4) is 0 Å². The number of anilines is 1. The first-order chi connectivity index (χ1) is 11.2. The van der Waals surface area contributed by atoms with Gasteiger partial charge >= 0.3 is 5.97 Å². The van der Waals surface area contributed by atoms with Crippen molar-refractivity contribution in [3.8, 4) is 0 Å². The summed E-state index contributed by atoms with van der Waals surface area (Å²) in [5.41, 5.74) is 0.686. The smallest absolute Gasteiger partial charge is 0.327 e. The van der Waals surface area contributed by atoms with Gasteiger partial charge in [-0.2, -0.15) is 0 Å². The molecule has 2 atom stereocenters. The van der Waals surface area contributed by atoms with E-state index in [0.717, 1.165) is 0 Å². The Morgan fingerprint density at radius 2 is 1.79 bits per heavy atom. The van der Waals surface area contributed by atoms with Gasteiger partial charge in [-0.1, -0.05) is 18.2 Å². The predicted molar refractivity (Wildman–Crippen MR) is 92.2 cm³/mol. The SMILES string of the molecule is CC(=O)N[C@@H](CS(=O)CC(=O)N(c1ccccc1)C(C)C)C(=O)O. The molecule has 1 aromatic rings. The van der Waals surface area contributed by atoms with E-state index in [-0.39, 0.29) is 23.5 Å². The highest BCUT2D eigenvalue weighted by atomic mass is 32.2. The molecule has 0 radical (unpaired) electrons. The highest BCUT2D eigenvalue weighted by Gasteiger charge is 2.25. The average molecular weight is 354 g/mol. The van der Waals surface area contributed by atoms with Gasteiger partial charge in [0.05, 0.1) is 5.75 Å². The molecule has 7 nitrogen and oxygen atoms in total.